The van der Waals surface area contributed by atoms with Crippen LogP contribution in [0.1, 0.15) is 72.3 Å². The quantitative estimate of drug-likeness (QED) is 0.105. The molecule has 22 rings (SSSR count). The number of aryl methyl sites for hydroxylation is 11. The molecule has 0 amide bonds. The van der Waals surface area contributed by atoms with Crippen LogP contribution in [0.3, 0.4) is 0 Å². The zero-order chi connectivity index (χ0) is 85.8. The summed E-state index contributed by atoms with van der Waals surface area (Å²) in [6.45, 7) is 28.8. The molecule has 125 heavy (non-hydrogen) atoms. The van der Waals surface area contributed by atoms with Crippen LogP contribution in [0.5, 0.6) is 0 Å². The topological polar surface area (TPSA) is 0 Å². The standard InChI is InChI=1S/C34H22.C33H32.C30H26.C28H22/c1-2-12-25(13-3-1)32-29-16-8-9-17-30(29)33(27-19-18-23-10-4-5-14-26(23)22-27)34-28-15-7-6-11-24(28)20-21-31(32)34;1-19-12-13-30-31(14-19)33(27-17-22(4)25(7)23(5)18-27)29-11-9-8-10-28(29)32(30)26-15-20(2)24(6)21(3)16-26;1-19-15-25-26(16-20(19)2)30(24-13-9-6-10-14-24)28-18-22(4)21(3)17-27(28)29(25)23-11-7-5-8-12-23;1-19-13-15-23-25(17-19)28(22-11-7-4-8-12-22)26-18-20(2)14-16-24(26)27(23)21-9-5-3-6-10-21/h1-22H;8-18H,1-7H3;5-18H,1-4H3;3-18H,1-2H3. The second-order valence-electron chi connectivity index (χ2n) is 34.8. The van der Waals surface area contributed by atoms with Crippen LogP contribution < -0.4 is 0 Å². The van der Waals surface area contributed by atoms with Gasteiger partial charge in [-0.1, -0.05) is 393 Å². The molecule has 0 nitrogen and oxygen atoms in total. The summed E-state index contributed by atoms with van der Waals surface area (Å²) in [7, 11) is 0. The monoisotopic (exact) mass is 1600 g/mol. The maximum atomic E-state index is 2.38. The van der Waals surface area contributed by atoms with E-state index in [9.17, 15) is 0 Å². The minimum absolute atomic E-state index is 1.25. The van der Waals surface area contributed by atoms with Crippen molar-refractivity contribution < 1.29 is 0 Å². The van der Waals surface area contributed by atoms with Gasteiger partial charge in [0, 0.05) is 0 Å². The third kappa shape index (κ3) is 15.0. The van der Waals surface area contributed by atoms with Crippen molar-refractivity contribution in [3.8, 4) is 89.0 Å². The summed E-state index contributed by atoms with van der Waals surface area (Å²) in [5.41, 5.74) is 38.2. The summed E-state index contributed by atoms with van der Waals surface area (Å²) in [6.07, 6.45) is 0. The number of rotatable bonds is 8. The van der Waals surface area contributed by atoms with Crippen molar-refractivity contribution in [3.63, 3.8) is 0 Å². The Hall–Kier alpha value is -14.6. The van der Waals surface area contributed by atoms with E-state index in [1.54, 1.807) is 0 Å². The Morgan fingerprint density at radius 2 is 0.360 bits per heavy atom. The van der Waals surface area contributed by atoms with Gasteiger partial charge in [0.25, 0.3) is 0 Å². The van der Waals surface area contributed by atoms with E-state index in [0.717, 1.165) is 0 Å². The van der Waals surface area contributed by atoms with Crippen LogP contribution in [0, 0.1) is 90.0 Å². The number of hydrogen-bond donors (Lipinski definition) is 0. The van der Waals surface area contributed by atoms with Crippen molar-refractivity contribution in [1.29, 1.82) is 0 Å². The van der Waals surface area contributed by atoms with Gasteiger partial charge in [-0.15, -0.1) is 0 Å². The molecule has 0 unspecified atom stereocenters. The predicted octanol–water partition coefficient (Wildman–Crippen LogP) is 35.6. The maximum Gasteiger partial charge on any atom is -0.00141 e. The molecule has 0 saturated heterocycles. The van der Waals surface area contributed by atoms with Gasteiger partial charge >= 0.3 is 0 Å². The van der Waals surface area contributed by atoms with Crippen LogP contribution in [0.25, 0.3) is 197 Å². The van der Waals surface area contributed by atoms with Crippen LogP contribution in [-0.4, -0.2) is 0 Å². The van der Waals surface area contributed by atoms with Gasteiger partial charge in [-0.25, -0.2) is 0 Å². The van der Waals surface area contributed by atoms with Gasteiger partial charge in [0.1, 0.15) is 0 Å². The Kier molecular flexibility index (Phi) is 21.6. The molecule has 22 aromatic rings. The Morgan fingerprint density at radius 3 is 0.712 bits per heavy atom. The number of benzene rings is 22. The van der Waals surface area contributed by atoms with Crippen molar-refractivity contribution >= 4 is 108 Å². The fourth-order valence-electron chi connectivity index (χ4n) is 19.7. The SMILES string of the molecule is Cc1cc2c(-c3ccccc3)c3cc(C)c(C)cc3c(-c3ccccc3)c2cc1C.Cc1ccc2c(-c3cc(C)c(C)c(C)c3)c3ccccc3c(-c3cc(C)c(C)c(C)c3)c2c1.Cc1ccc2c(-c3ccccc3)c3ccc(C)cc3c(-c3ccccc3)c2c1.c1ccc(-c2c3ccccc3c(-c3ccc4ccccc4c3)c3c2ccc2ccccc23)cc1. The lowest BCUT2D eigenvalue weighted by atomic mass is 9.83. The second-order valence-corrected chi connectivity index (χ2v) is 34.8. The van der Waals surface area contributed by atoms with Crippen molar-refractivity contribution in [1.82, 2.24) is 0 Å². The van der Waals surface area contributed by atoms with Crippen molar-refractivity contribution in [2.24, 2.45) is 0 Å². The summed E-state index contributed by atoms with van der Waals surface area (Å²) in [5.74, 6) is 0. The minimum atomic E-state index is 1.25. The highest BCUT2D eigenvalue weighted by atomic mass is 14.3. The van der Waals surface area contributed by atoms with Crippen molar-refractivity contribution in [2.75, 3.05) is 0 Å². The van der Waals surface area contributed by atoms with Gasteiger partial charge in [-0.3, -0.25) is 0 Å². The average Bonchev–Trinajstić information content (AvgIpc) is 0.934. The summed E-state index contributed by atoms with van der Waals surface area (Å²) in [4.78, 5) is 0. The average molecular weight is 1600 g/mol. The van der Waals surface area contributed by atoms with Crippen molar-refractivity contribution in [2.45, 2.75) is 90.0 Å². The summed E-state index contributed by atoms with van der Waals surface area (Å²) in [6, 6.07) is 140. The van der Waals surface area contributed by atoms with Crippen LogP contribution in [-0.2, 0) is 0 Å². The molecular weight excluding hydrogens is 1500 g/mol. The third-order valence-corrected chi connectivity index (χ3v) is 26.6. The zero-order valence-electron chi connectivity index (χ0n) is 73.9. The van der Waals surface area contributed by atoms with E-state index in [1.165, 1.54) is 269 Å². The molecule has 0 fully saturated rings. The summed E-state index contributed by atoms with van der Waals surface area (Å²) < 4.78 is 0. The predicted molar refractivity (Wildman–Crippen MR) is 546 cm³/mol. The zero-order valence-corrected chi connectivity index (χ0v) is 73.9. The molecule has 0 N–H and O–H groups in total. The van der Waals surface area contributed by atoms with Crippen LogP contribution in [0.15, 0.2) is 382 Å². The Balaban J connectivity index is 0.000000109. The van der Waals surface area contributed by atoms with E-state index in [-0.39, 0.29) is 0 Å². The molecule has 0 aliphatic rings. The van der Waals surface area contributed by atoms with E-state index in [1.807, 2.05) is 0 Å². The van der Waals surface area contributed by atoms with Crippen molar-refractivity contribution in [3.05, 3.63) is 455 Å². The number of hydrogen-bond acceptors (Lipinski definition) is 0. The first-order valence-corrected chi connectivity index (χ1v) is 44.1. The van der Waals surface area contributed by atoms with Gasteiger partial charge in [0.05, 0.1) is 0 Å². The normalized spacial score (nSPS) is 11.4. The second kappa shape index (κ2) is 33.7. The van der Waals surface area contributed by atoms with Crippen LogP contribution in [0.4, 0.5) is 0 Å². The summed E-state index contributed by atoms with van der Waals surface area (Å²) in [5, 5.41) is 26.2. The molecule has 0 aliphatic carbocycles. The first-order chi connectivity index (χ1) is 60.9. The van der Waals surface area contributed by atoms with E-state index in [4.69, 9.17) is 0 Å². The highest BCUT2D eigenvalue weighted by molar-refractivity contribution is 6.29. The lowest BCUT2D eigenvalue weighted by Crippen LogP contribution is -1.95. The maximum absolute atomic E-state index is 2.38. The fraction of sp³-hybridized carbons (Fsp3) is 0.104. The van der Waals surface area contributed by atoms with E-state index in [2.05, 4.69) is 472 Å². The molecule has 0 atom stereocenters. The Morgan fingerprint density at radius 1 is 0.120 bits per heavy atom. The Labute approximate surface area is 736 Å². The van der Waals surface area contributed by atoms with Gasteiger partial charge in [0.2, 0.25) is 0 Å². The molecule has 22 aromatic carbocycles. The molecule has 0 spiro atoms. The largest absolute Gasteiger partial charge is 0.0622 e. The molecule has 0 bridgehead atoms. The lowest BCUT2D eigenvalue weighted by molar-refractivity contribution is 1.27. The molecule has 0 saturated carbocycles. The van der Waals surface area contributed by atoms with Gasteiger partial charge in [-0.2, -0.15) is 0 Å². The molecule has 0 heterocycles. The Bertz CT molecular complexity index is 7700. The van der Waals surface area contributed by atoms with Gasteiger partial charge in [0.15, 0.2) is 0 Å². The van der Waals surface area contributed by atoms with Crippen LogP contribution in [0.2, 0.25) is 0 Å². The minimum Gasteiger partial charge on any atom is -0.0622 e. The first kappa shape index (κ1) is 80.2. The number of fused-ring (bicyclic) bond motifs is 11. The molecule has 0 aliphatic heterocycles. The first-order valence-electron chi connectivity index (χ1n) is 44.1. The van der Waals surface area contributed by atoms with Gasteiger partial charge < -0.3 is 0 Å². The van der Waals surface area contributed by atoms with E-state index in [0.29, 0.717) is 0 Å². The van der Waals surface area contributed by atoms with Crippen LogP contribution >= 0.6 is 0 Å². The molecule has 0 aromatic heterocycles. The lowest BCUT2D eigenvalue weighted by Gasteiger charge is -2.20. The molecule has 0 radical (unpaired) electrons. The smallest absolute Gasteiger partial charge is 0.00141 e. The third-order valence-electron chi connectivity index (χ3n) is 26.6. The molecule has 0 heteroatoms. The van der Waals surface area contributed by atoms with E-state index >= 15 is 0 Å². The molecular formula is C125H102. The summed E-state index contributed by atoms with van der Waals surface area (Å²) >= 11 is 0. The molecule has 602 valence electrons. The fourth-order valence-corrected chi connectivity index (χ4v) is 19.7. The highest BCUT2D eigenvalue weighted by Gasteiger charge is 2.25. The van der Waals surface area contributed by atoms with E-state index < -0.39 is 0 Å². The highest BCUT2D eigenvalue weighted by Crippen LogP contribution is 2.51. The van der Waals surface area contributed by atoms with Gasteiger partial charge in [-0.05, 0) is 348 Å².